The molecular weight excluding hydrogens is 518 g/mol. The van der Waals surface area contributed by atoms with Gasteiger partial charge in [0, 0.05) is 36.4 Å². The van der Waals surface area contributed by atoms with Gasteiger partial charge in [-0.25, -0.2) is 5.84 Å². The molecule has 9 heteroatoms. The van der Waals surface area contributed by atoms with Gasteiger partial charge in [-0.05, 0) is 80.6 Å². The largest absolute Gasteiger partial charge is 0.490 e. The van der Waals surface area contributed by atoms with Crippen molar-refractivity contribution in [1.29, 1.82) is 0 Å². The number of aromatic nitrogens is 1. The fraction of sp³-hybridized carbons (Fsp3) is 0.281. The molecule has 0 saturated carbocycles. The molecule has 2 amide bonds. The van der Waals surface area contributed by atoms with Crippen molar-refractivity contribution < 1.29 is 19.1 Å². The Balaban J connectivity index is 1.70. The summed E-state index contributed by atoms with van der Waals surface area (Å²) in [5, 5.41) is 9.16. The summed E-state index contributed by atoms with van der Waals surface area (Å²) in [4.78, 5) is 30.7. The monoisotopic (exact) mass is 555 g/mol. The highest BCUT2D eigenvalue weighted by Gasteiger charge is 2.28. The Hall–Kier alpha value is -4.63. The van der Waals surface area contributed by atoms with E-state index >= 15 is 0 Å². The van der Waals surface area contributed by atoms with Crippen molar-refractivity contribution in [2.45, 2.75) is 46.4 Å². The van der Waals surface area contributed by atoms with Gasteiger partial charge < -0.3 is 20.1 Å². The minimum atomic E-state index is -0.918. The number of nitrogens with one attached hydrogen (secondary N) is 2. The van der Waals surface area contributed by atoms with Gasteiger partial charge in [0.05, 0.1) is 18.4 Å². The minimum Gasteiger partial charge on any atom is -0.490 e. The van der Waals surface area contributed by atoms with E-state index in [1.165, 1.54) is 5.01 Å². The summed E-state index contributed by atoms with van der Waals surface area (Å²) in [5.74, 6) is 7.29. The highest BCUT2D eigenvalue weighted by molar-refractivity contribution is 5.96. The number of anilines is 1. The van der Waals surface area contributed by atoms with Gasteiger partial charge in [0.25, 0.3) is 5.91 Å². The van der Waals surface area contributed by atoms with E-state index in [1.807, 2.05) is 70.2 Å². The smallest absolute Gasteiger partial charge is 0.251 e. The third kappa shape index (κ3) is 7.12. The number of fused-ring (bicyclic) bond motifs is 1. The zero-order chi connectivity index (χ0) is 29.4. The second-order valence-corrected chi connectivity index (χ2v) is 9.76. The van der Waals surface area contributed by atoms with Crippen LogP contribution >= 0.6 is 0 Å². The maximum absolute atomic E-state index is 13.9. The normalized spacial score (nSPS) is 11.7. The molecule has 0 bridgehead atoms. The lowest BCUT2D eigenvalue weighted by Gasteiger charge is -2.30. The summed E-state index contributed by atoms with van der Waals surface area (Å²) in [7, 11) is 0. The molecule has 1 atom stereocenters. The Bertz CT molecular complexity index is 1510. The van der Waals surface area contributed by atoms with E-state index in [0.717, 1.165) is 10.8 Å². The number of benzene rings is 3. The molecule has 0 saturated heterocycles. The van der Waals surface area contributed by atoms with Crippen LogP contribution in [0.1, 0.15) is 55.2 Å². The van der Waals surface area contributed by atoms with Crippen LogP contribution in [0.4, 0.5) is 5.69 Å². The molecule has 0 aliphatic carbocycles. The first kappa shape index (κ1) is 29.4. The lowest BCUT2D eigenvalue weighted by molar-refractivity contribution is -0.122. The lowest BCUT2D eigenvalue weighted by atomic mass is 10.0. The van der Waals surface area contributed by atoms with Crippen LogP contribution in [0.5, 0.6) is 11.5 Å². The molecule has 0 aliphatic heterocycles. The van der Waals surface area contributed by atoms with E-state index in [9.17, 15) is 9.59 Å². The number of hydrogen-bond acceptors (Lipinski definition) is 7. The van der Waals surface area contributed by atoms with Gasteiger partial charge in [-0.15, -0.1) is 0 Å². The summed E-state index contributed by atoms with van der Waals surface area (Å²) in [6.07, 6.45) is 3.44. The predicted octanol–water partition coefficient (Wildman–Crippen LogP) is 4.91. The molecule has 0 aliphatic rings. The number of carbonyl (C=O) groups excluding carboxylic acids is 2. The Morgan fingerprint density at radius 3 is 2.51 bits per heavy atom. The molecule has 1 unspecified atom stereocenters. The van der Waals surface area contributed by atoms with Crippen LogP contribution in [0.25, 0.3) is 10.8 Å². The van der Waals surface area contributed by atoms with E-state index in [2.05, 4.69) is 15.6 Å². The third-order valence-electron chi connectivity index (χ3n) is 6.45. The Kier molecular flexibility index (Phi) is 9.76. The van der Waals surface area contributed by atoms with Crippen molar-refractivity contribution in [2.75, 3.05) is 18.2 Å². The molecule has 0 radical (unpaired) electrons. The molecule has 4 N–H and O–H groups in total. The lowest BCUT2D eigenvalue weighted by Crippen LogP contribution is -2.44. The summed E-state index contributed by atoms with van der Waals surface area (Å²) >= 11 is 0. The molecule has 4 aromatic rings. The van der Waals surface area contributed by atoms with Crippen molar-refractivity contribution in [3.63, 3.8) is 0 Å². The molecule has 41 heavy (non-hydrogen) atoms. The molecule has 0 fully saturated rings. The van der Waals surface area contributed by atoms with Gasteiger partial charge in [0.2, 0.25) is 5.91 Å². The van der Waals surface area contributed by atoms with E-state index in [-0.39, 0.29) is 24.5 Å². The average molecular weight is 556 g/mol. The summed E-state index contributed by atoms with van der Waals surface area (Å²) < 4.78 is 11.8. The van der Waals surface area contributed by atoms with Crippen molar-refractivity contribution in [2.24, 2.45) is 5.84 Å². The molecule has 1 aromatic heterocycles. The Morgan fingerprint density at radius 2 is 1.76 bits per heavy atom. The highest BCUT2D eigenvalue weighted by Crippen LogP contribution is 2.34. The molecular formula is C32H37N5O4. The molecule has 9 nitrogen and oxygen atoms in total. The summed E-state index contributed by atoms with van der Waals surface area (Å²) in [6.45, 7) is 8.71. The van der Waals surface area contributed by atoms with Crippen molar-refractivity contribution in [3.8, 4) is 11.5 Å². The van der Waals surface area contributed by atoms with E-state index in [1.54, 1.807) is 36.7 Å². The number of hydrogen-bond donors (Lipinski definition) is 3. The molecule has 214 valence electrons. The van der Waals surface area contributed by atoms with Gasteiger partial charge in [0.15, 0.2) is 11.5 Å². The van der Waals surface area contributed by atoms with Gasteiger partial charge in [-0.3, -0.25) is 19.6 Å². The SMILES string of the molecule is CCNC(=O)c1ccccc1CNC(=O)C(c1ccc(OC(C)C)c(OCC)c1)N(N)c1ccc2cnccc2c1. The van der Waals surface area contributed by atoms with Crippen LogP contribution in [0.2, 0.25) is 0 Å². The number of amides is 2. The Labute approximate surface area is 240 Å². The van der Waals surface area contributed by atoms with Crippen LogP contribution < -0.4 is 31.0 Å². The van der Waals surface area contributed by atoms with E-state index in [4.69, 9.17) is 15.3 Å². The number of pyridine rings is 1. The number of ether oxygens (including phenoxy) is 2. The highest BCUT2D eigenvalue weighted by atomic mass is 16.5. The zero-order valence-electron chi connectivity index (χ0n) is 23.9. The van der Waals surface area contributed by atoms with Crippen molar-refractivity contribution >= 4 is 28.3 Å². The van der Waals surface area contributed by atoms with Crippen LogP contribution in [-0.4, -0.2) is 36.1 Å². The Morgan fingerprint density at radius 1 is 0.951 bits per heavy atom. The topological polar surface area (TPSA) is 119 Å². The second-order valence-electron chi connectivity index (χ2n) is 9.76. The predicted molar refractivity (Wildman–Crippen MR) is 161 cm³/mol. The van der Waals surface area contributed by atoms with E-state index < -0.39 is 6.04 Å². The summed E-state index contributed by atoms with van der Waals surface area (Å²) in [5.41, 5.74) is 2.47. The van der Waals surface area contributed by atoms with Gasteiger partial charge in [-0.2, -0.15) is 0 Å². The second kappa shape index (κ2) is 13.6. The van der Waals surface area contributed by atoms with Crippen molar-refractivity contribution in [1.82, 2.24) is 15.6 Å². The maximum Gasteiger partial charge on any atom is 0.251 e. The van der Waals surface area contributed by atoms with Crippen LogP contribution in [0.15, 0.2) is 79.1 Å². The molecule has 4 rings (SSSR count). The molecule has 1 heterocycles. The first-order chi connectivity index (χ1) is 19.8. The van der Waals surface area contributed by atoms with Gasteiger partial charge >= 0.3 is 0 Å². The molecule has 0 spiro atoms. The first-order valence-corrected chi connectivity index (χ1v) is 13.8. The fourth-order valence-electron chi connectivity index (χ4n) is 4.56. The number of hydrazine groups is 1. The van der Waals surface area contributed by atoms with Crippen LogP contribution in [-0.2, 0) is 11.3 Å². The van der Waals surface area contributed by atoms with Gasteiger partial charge in [0.1, 0.15) is 6.04 Å². The fourth-order valence-corrected chi connectivity index (χ4v) is 4.56. The van der Waals surface area contributed by atoms with E-state index in [0.29, 0.717) is 47.0 Å². The quantitative estimate of drug-likeness (QED) is 0.168. The zero-order valence-corrected chi connectivity index (χ0v) is 23.9. The number of rotatable bonds is 12. The number of carbonyl (C=O) groups is 2. The van der Waals surface area contributed by atoms with Crippen LogP contribution in [0.3, 0.4) is 0 Å². The maximum atomic E-state index is 13.9. The van der Waals surface area contributed by atoms with Gasteiger partial charge in [-0.1, -0.05) is 30.3 Å². The summed E-state index contributed by atoms with van der Waals surface area (Å²) in [6, 6.07) is 19.3. The van der Waals surface area contributed by atoms with Crippen LogP contribution in [0, 0.1) is 0 Å². The number of nitrogens with zero attached hydrogens (tertiary/aromatic N) is 2. The van der Waals surface area contributed by atoms with Crippen molar-refractivity contribution in [3.05, 3.63) is 95.8 Å². The standard InChI is InChI=1S/C32H37N5O4/c1-5-35-31(38)27-10-8-7-9-25(27)20-36-32(39)30(23-12-14-28(41-21(3)4)29(18-23)40-6-2)37(33)26-13-11-24-19-34-16-15-22(24)17-26/h7-19,21,30H,5-6,20,33H2,1-4H3,(H,35,38)(H,36,39). The minimum absolute atomic E-state index is 0.0535. The number of nitrogens with two attached hydrogens (primary N) is 1. The third-order valence-corrected chi connectivity index (χ3v) is 6.45. The first-order valence-electron chi connectivity index (χ1n) is 13.8. The average Bonchev–Trinajstić information content (AvgIpc) is 2.97. The molecule has 3 aromatic carbocycles.